The molecule has 6 nitrogen and oxygen atoms in total. The Kier molecular flexibility index (Phi) is 11.5. The number of fused-ring (bicyclic) bond motifs is 1. The average molecular weight is 653 g/mol. The minimum atomic E-state index is -0.148. The monoisotopic (exact) mass is 652 g/mol. The lowest BCUT2D eigenvalue weighted by molar-refractivity contribution is -0.136. The maximum atomic E-state index is 14.5. The zero-order valence-electron chi connectivity index (χ0n) is 28.6. The van der Waals surface area contributed by atoms with Crippen LogP contribution in [0.25, 0.3) is 21.9 Å². The number of nitrogens with zero attached hydrogens (tertiary/aromatic N) is 2. The van der Waals surface area contributed by atoms with Crippen molar-refractivity contribution in [1.29, 1.82) is 0 Å². The molecule has 2 amide bonds. The highest BCUT2D eigenvalue weighted by Gasteiger charge is 2.32. The van der Waals surface area contributed by atoms with Gasteiger partial charge in [-0.25, -0.2) is 0 Å². The van der Waals surface area contributed by atoms with Gasteiger partial charge in [0.1, 0.15) is 0 Å². The summed E-state index contributed by atoms with van der Waals surface area (Å²) in [6, 6.07) is 41.3. The van der Waals surface area contributed by atoms with E-state index in [2.05, 4.69) is 101 Å². The summed E-state index contributed by atoms with van der Waals surface area (Å²) in [7, 11) is 0. The maximum absolute atomic E-state index is 14.5. The molecule has 3 N–H and O–H groups in total. The molecule has 0 radical (unpaired) electrons. The second kappa shape index (κ2) is 16.6. The number of amides is 2. The topological polar surface area (TPSA) is 78.7 Å². The van der Waals surface area contributed by atoms with Gasteiger partial charge in [-0.3, -0.25) is 14.5 Å². The fraction of sp³-hybridized carbons (Fsp3) is 0.302. The van der Waals surface area contributed by atoms with Gasteiger partial charge in [0, 0.05) is 37.8 Å². The molecule has 5 aromatic carbocycles. The number of hydrogen-bond acceptors (Lipinski definition) is 4. The first-order valence-electron chi connectivity index (χ1n) is 17.7. The van der Waals surface area contributed by atoms with Gasteiger partial charge in [-0.2, -0.15) is 0 Å². The Hall–Kier alpha value is -4.78. The van der Waals surface area contributed by atoms with E-state index >= 15 is 0 Å². The fourth-order valence-corrected chi connectivity index (χ4v) is 7.26. The SMILES string of the molecule is CC(c1cccc(-c2ccccc2C(=O)NCCCCN)c1)N(C(=O)Cc1cccc2ccccc12)C1CCN(Cc2ccccc2)CC1. The minimum Gasteiger partial charge on any atom is -0.352 e. The molecule has 6 rings (SSSR count). The van der Waals surface area contributed by atoms with Gasteiger partial charge in [-0.05, 0) is 89.9 Å². The summed E-state index contributed by atoms with van der Waals surface area (Å²) in [4.78, 5) is 32.4. The summed E-state index contributed by atoms with van der Waals surface area (Å²) >= 11 is 0. The van der Waals surface area contributed by atoms with Crippen molar-refractivity contribution in [3.05, 3.63) is 144 Å². The third-order valence-electron chi connectivity index (χ3n) is 9.89. The molecule has 1 atom stereocenters. The van der Waals surface area contributed by atoms with E-state index in [0.717, 1.165) is 78.3 Å². The standard InChI is InChI=1S/C43H48N4O2/c1-32(35-17-12-18-36(29-35)40-21-7-8-22-41(40)43(49)45-26-10-9-25-44)47(38-23-27-46(28-24-38)31-33-13-3-2-4-14-33)42(48)30-37-19-11-16-34-15-5-6-20-39(34)37/h2-8,11-22,29,32,38H,9-10,23-28,30-31,44H2,1H3,(H,45,49). The normalized spacial score (nSPS) is 14.4. The molecular formula is C43H48N4O2. The van der Waals surface area contributed by atoms with Crippen molar-refractivity contribution >= 4 is 22.6 Å². The van der Waals surface area contributed by atoms with Crippen molar-refractivity contribution in [2.75, 3.05) is 26.2 Å². The van der Waals surface area contributed by atoms with Gasteiger partial charge < -0.3 is 16.0 Å². The average Bonchev–Trinajstić information content (AvgIpc) is 3.15. The molecule has 1 heterocycles. The number of unbranched alkanes of at least 4 members (excludes halogenated alkanes) is 1. The van der Waals surface area contributed by atoms with Crippen molar-refractivity contribution in [2.45, 2.75) is 57.7 Å². The van der Waals surface area contributed by atoms with Crippen molar-refractivity contribution in [3.63, 3.8) is 0 Å². The van der Waals surface area contributed by atoms with Crippen LogP contribution in [0.15, 0.2) is 121 Å². The zero-order valence-corrected chi connectivity index (χ0v) is 28.6. The second-order valence-electron chi connectivity index (χ2n) is 13.2. The molecule has 0 spiro atoms. The molecule has 0 aliphatic carbocycles. The number of benzene rings is 5. The molecule has 1 unspecified atom stereocenters. The van der Waals surface area contributed by atoms with Crippen LogP contribution >= 0.6 is 0 Å². The molecule has 6 heteroatoms. The van der Waals surface area contributed by atoms with Gasteiger partial charge in [-0.1, -0.05) is 109 Å². The summed E-state index contributed by atoms with van der Waals surface area (Å²) in [5, 5.41) is 5.34. The van der Waals surface area contributed by atoms with Crippen LogP contribution in [0.2, 0.25) is 0 Å². The summed E-state index contributed by atoms with van der Waals surface area (Å²) in [5.41, 5.74) is 11.6. The highest BCUT2D eigenvalue weighted by molar-refractivity contribution is 6.01. The molecule has 0 aromatic heterocycles. The fourth-order valence-electron chi connectivity index (χ4n) is 7.26. The van der Waals surface area contributed by atoms with E-state index in [9.17, 15) is 9.59 Å². The summed E-state index contributed by atoms with van der Waals surface area (Å²) in [5.74, 6) is 0.0632. The van der Waals surface area contributed by atoms with Gasteiger partial charge in [-0.15, -0.1) is 0 Å². The number of nitrogens with two attached hydrogens (primary N) is 1. The van der Waals surface area contributed by atoms with E-state index < -0.39 is 0 Å². The van der Waals surface area contributed by atoms with Crippen LogP contribution in [-0.4, -0.2) is 53.8 Å². The number of hydrogen-bond donors (Lipinski definition) is 2. The molecule has 1 fully saturated rings. The van der Waals surface area contributed by atoms with Crippen molar-refractivity contribution < 1.29 is 9.59 Å². The van der Waals surface area contributed by atoms with Crippen LogP contribution in [-0.2, 0) is 17.8 Å². The van der Waals surface area contributed by atoms with Gasteiger partial charge in [0.15, 0.2) is 0 Å². The summed E-state index contributed by atoms with van der Waals surface area (Å²) in [6.07, 6.45) is 3.92. The highest BCUT2D eigenvalue weighted by Crippen LogP contribution is 2.33. The van der Waals surface area contributed by atoms with Crippen LogP contribution in [0, 0.1) is 0 Å². The Morgan fingerprint density at radius 1 is 0.837 bits per heavy atom. The third-order valence-corrected chi connectivity index (χ3v) is 9.89. The van der Waals surface area contributed by atoms with Gasteiger partial charge in [0.25, 0.3) is 5.91 Å². The van der Waals surface area contributed by atoms with E-state index in [-0.39, 0.29) is 23.9 Å². The molecule has 49 heavy (non-hydrogen) atoms. The molecule has 0 bridgehead atoms. The Morgan fingerprint density at radius 2 is 1.55 bits per heavy atom. The van der Waals surface area contributed by atoms with Gasteiger partial charge in [0.2, 0.25) is 5.91 Å². The minimum absolute atomic E-state index is 0.0831. The van der Waals surface area contributed by atoms with Crippen molar-refractivity contribution in [1.82, 2.24) is 15.1 Å². The lowest BCUT2D eigenvalue weighted by Crippen LogP contribution is -2.48. The smallest absolute Gasteiger partial charge is 0.251 e. The van der Waals surface area contributed by atoms with E-state index in [0.29, 0.717) is 25.1 Å². The Bertz CT molecular complexity index is 1840. The van der Waals surface area contributed by atoms with Crippen LogP contribution in [0.1, 0.15) is 65.7 Å². The first-order chi connectivity index (χ1) is 24.0. The summed E-state index contributed by atoms with van der Waals surface area (Å²) < 4.78 is 0. The predicted molar refractivity (Wildman–Crippen MR) is 200 cm³/mol. The van der Waals surface area contributed by atoms with Crippen molar-refractivity contribution in [2.24, 2.45) is 5.73 Å². The van der Waals surface area contributed by atoms with E-state index in [4.69, 9.17) is 5.73 Å². The van der Waals surface area contributed by atoms with Crippen LogP contribution in [0.4, 0.5) is 0 Å². The van der Waals surface area contributed by atoms with E-state index in [1.54, 1.807) is 0 Å². The van der Waals surface area contributed by atoms with Crippen LogP contribution < -0.4 is 11.1 Å². The van der Waals surface area contributed by atoms with Crippen molar-refractivity contribution in [3.8, 4) is 11.1 Å². The Morgan fingerprint density at radius 3 is 2.37 bits per heavy atom. The molecule has 5 aromatic rings. The predicted octanol–water partition coefficient (Wildman–Crippen LogP) is 7.77. The molecule has 252 valence electrons. The van der Waals surface area contributed by atoms with Gasteiger partial charge >= 0.3 is 0 Å². The van der Waals surface area contributed by atoms with Crippen LogP contribution in [0.3, 0.4) is 0 Å². The molecule has 1 aliphatic heterocycles. The first-order valence-corrected chi connectivity index (χ1v) is 17.7. The van der Waals surface area contributed by atoms with Gasteiger partial charge in [0.05, 0.1) is 12.5 Å². The van der Waals surface area contributed by atoms with E-state index in [1.807, 2.05) is 42.5 Å². The number of nitrogens with one attached hydrogen (secondary N) is 1. The molecule has 1 aliphatic rings. The summed E-state index contributed by atoms with van der Waals surface area (Å²) in [6.45, 7) is 6.18. The number of rotatable bonds is 13. The molecule has 1 saturated heterocycles. The Balaban J connectivity index is 1.26. The van der Waals surface area contributed by atoms with E-state index in [1.165, 1.54) is 5.56 Å². The molecular weight excluding hydrogens is 604 g/mol. The molecule has 0 saturated carbocycles. The number of carbonyl (C=O) groups is 2. The quantitative estimate of drug-likeness (QED) is 0.127. The second-order valence-corrected chi connectivity index (χ2v) is 13.2. The zero-order chi connectivity index (χ0) is 34.0. The lowest BCUT2D eigenvalue weighted by Gasteiger charge is -2.42. The first kappa shape index (κ1) is 34.1. The Labute approximate surface area is 290 Å². The van der Waals surface area contributed by atoms with Crippen LogP contribution in [0.5, 0.6) is 0 Å². The number of likely N-dealkylation sites (tertiary alicyclic amines) is 1. The highest BCUT2D eigenvalue weighted by atomic mass is 16.2. The third kappa shape index (κ3) is 8.45. The largest absolute Gasteiger partial charge is 0.352 e. The maximum Gasteiger partial charge on any atom is 0.251 e. The number of carbonyl (C=O) groups excluding carboxylic acids is 2. The number of piperidine rings is 1. The lowest BCUT2D eigenvalue weighted by atomic mass is 9.93.